The molecule has 0 aromatic carbocycles. The van der Waals surface area contributed by atoms with E-state index in [1.54, 1.807) is 25.4 Å². The first-order chi connectivity index (χ1) is 10.6. The molecule has 1 fully saturated rings. The van der Waals surface area contributed by atoms with Gasteiger partial charge in [0, 0.05) is 38.4 Å². The number of carbonyl (C=O) groups excluding carboxylic acids is 1. The molecule has 116 valence electrons. The second-order valence-electron chi connectivity index (χ2n) is 5.50. The fraction of sp³-hybridized carbons (Fsp3) is 0.400. The van der Waals surface area contributed by atoms with Gasteiger partial charge < -0.3 is 19.6 Å². The van der Waals surface area contributed by atoms with Crippen LogP contribution in [-0.4, -0.2) is 54.2 Å². The van der Waals surface area contributed by atoms with Crippen LogP contribution in [0.4, 0.5) is 11.5 Å². The Morgan fingerprint density at radius 1 is 1.23 bits per heavy atom. The number of nitrogens with zero attached hydrogens (tertiary/aromatic N) is 4. The molecular weight excluding hydrogens is 282 g/mol. The van der Waals surface area contributed by atoms with Crippen molar-refractivity contribution in [2.75, 3.05) is 43.4 Å². The second kappa shape index (κ2) is 6.15. The molecule has 0 bridgehead atoms. The Morgan fingerprint density at radius 3 is 2.68 bits per heavy atom. The minimum atomic E-state index is -0.239. The number of nitrogens with one attached hydrogen (secondary N) is 1. The van der Waals surface area contributed by atoms with Crippen LogP contribution in [0.25, 0.3) is 0 Å². The summed E-state index contributed by atoms with van der Waals surface area (Å²) in [5.74, 6) is 0.823. The monoisotopic (exact) mass is 301 g/mol. The zero-order chi connectivity index (χ0) is 15.5. The number of likely N-dealkylation sites (N-methyl/N-ethyl adjacent to an activating group) is 1. The smallest absolute Gasteiger partial charge is 0.258 e. The molecule has 22 heavy (non-hydrogen) atoms. The average molecular weight is 301 g/mol. The van der Waals surface area contributed by atoms with Gasteiger partial charge in [0.1, 0.15) is 5.76 Å². The van der Waals surface area contributed by atoms with Crippen LogP contribution in [0.15, 0.2) is 29.0 Å². The molecule has 0 radical (unpaired) electrons. The Kier molecular flexibility index (Phi) is 4.06. The summed E-state index contributed by atoms with van der Waals surface area (Å²) in [6, 6.07) is 3.54. The molecule has 1 aliphatic heterocycles. The fourth-order valence-corrected chi connectivity index (χ4v) is 2.40. The lowest BCUT2D eigenvalue weighted by atomic mass is 10.2. The highest BCUT2D eigenvalue weighted by Crippen LogP contribution is 2.17. The highest BCUT2D eigenvalue weighted by atomic mass is 16.5. The van der Waals surface area contributed by atoms with E-state index in [0.717, 1.165) is 31.9 Å². The van der Waals surface area contributed by atoms with Crippen molar-refractivity contribution in [1.82, 2.24) is 15.0 Å². The van der Waals surface area contributed by atoms with Gasteiger partial charge in [0.25, 0.3) is 5.91 Å². The lowest BCUT2D eigenvalue weighted by molar-refractivity contribution is 0.102. The minimum absolute atomic E-state index is 0.239. The molecule has 1 saturated heterocycles. The van der Waals surface area contributed by atoms with Crippen LogP contribution in [0.1, 0.15) is 16.1 Å². The Hall–Kier alpha value is -2.41. The molecule has 0 spiro atoms. The Morgan fingerprint density at radius 2 is 2.00 bits per heavy atom. The number of aryl methyl sites for hydroxylation is 1. The summed E-state index contributed by atoms with van der Waals surface area (Å²) in [6.07, 6.45) is 3.35. The molecule has 7 nitrogen and oxygen atoms in total. The highest BCUT2D eigenvalue weighted by molar-refractivity contribution is 6.04. The summed E-state index contributed by atoms with van der Waals surface area (Å²) >= 11 is 0. The van der Waals surface area contributed by atoms with E-state index in [4.69, 9.17) is 4.52 Å². The molecule has 3 rings (SSSR count). The van der Waals surface area contributed by atoms with E-state index in [1.165, 1.54) is 0 Å². The van der Waals surface area contributed by atoms with Gasteiger partial charge in [0.2, 0.25) is 0 Å². The lowest BCUT2D eigenvalue weighted by Gasteiger charge is -2.33. The molecule has 3 heterocycles. The maximum absolute atomic E-state index is 12.3. The van der Waals surface area contributed by atoms with Crippen LogP contribution in [0.2, 0.25) is 0 Å². The van der Waals surface area contributed by atoms with Crippen molar-refractivity contribution in [1.29, 1.82) is 0 Å². The lowest BCUT2D eigenvalue weighted by Crippen LogP contribution is -2.44. The molecule has 0 unspecified atom stereocenters. The topological polar surface area (TPSA) is 74.5 Å². The highest BCUT2D eigenvalue weighted by Gasteiger charge is 2.16. The van der Waals surface area contributed by atoms with E-state index in [-0.39, 0.29) is 5.91 Å². The SMILES string of the molecule is Cc1cc(NC(=O)c2cncc(N3CCN(C)CC3)c2)no1. The molecule has 1 N–H and O–H groups in total. The van der Waals surface area contributed by atoms with E-state index in [9.17, 15) is 4.79 Å². The van der Waals surface area contributed by atoms with Crippen LogP contribution < -0.4 is 10.2 Å². The van der Waals surface area contributed by atoms with Gasteiger partial charge >= 0.3 is 0 Å². The van der Waals surface area contributed by atoms with Crippen LogP contribution in [0, 0.1) is 6.92 Å². The predicted molar refractivity (Wildman–Crippen MR) is 83.1 cm³/mol. The quantitative estimate of drug-likeness (QED) is 0.923. The number of amides is 1. The number of aromatic nitrogens is 2. The molecule has 1 aliphatic rings. The van der Waals surface area contributed by atoms with Crippen molar-refractivity contribution in [3.63, 3.8) is 0 Å². The summed E-state index contributed by atoms with van der Waals surface area (Å²) in [6.45, 7) is 5.67. The first-order valence-electron chi connectivity index (χ1n) is 7.25. The van der Waals surface area contributed by atoms with Gasteiger partial charge in [-0.25, -0.2) is 0 Å². The third-order valence-corrected chi connectivity index (χ3v) is 3.72. The third kappa shape index (κ3) is 3.25. The van der Waals surface area contributed by atoms with Crippen molar-refractivity contribution in [2.45, 2.75) is 6.92 Å². The molecule has 7 heteroatoms. The number of anilines is 2. The average Bonchev–Trinajstić information content (AvgIpc) is 2.93. The van der Waals surface area contributed by atoms with Crippen LogP contribution >= 0.6 is 0 Å². The van der Waals surface area contributed by atoms with Gasteiger partial charge in [-0.2, -0.15) is 0 Å². The van der Waals surface area contributed by atoms with E-state index < -0.39 is 0 Å². The minimum Gasteiger partial charge on any atom is -0.368 e. The van der Waals surface area contributed by atoms with Crippen molar-refractivity contribution in [3.05, 3.63) is 35.9 Å². The standard InChI is InChI=1S/C15H19N5O2/c1-11-7-14(18-22-11)17-15(21)12-8-13(10-16-9-12)20-5-3-19(2)4-6-20/h7-10H,3-6H2,1-2H3,(H,17,18,21). The number of hydrogen-bond acceptors (Lipinski definition) is 6. The van der Waals surface area contributed by atoms with Gasteiger partial charge in [0.05, 0.1) is 17.4 Å². The van der Waals surface area contributed by atoms with Crippen LogP contribution in [-0.2, 0) is 0 Å². The molecule has 0 aliphatic carbocycles. The van der Waals surface area contributed by atoms with E-state index in [1.807, 2.05) is 6.07 Å². The number of carbonyl (C=O) groups is 1. The molecule has 2 aromatic rings. The number of hydrogen-bond donors (Lipinski definition) is 1. The summed E-state index contributed by atoms with van der Waals surface area (Å²) < 4.78 is 4.94. The van der Waals surface area contributed by atoms with Crippen molar-refractivity contribution in [3.8, 4) is 0 Å². The van der Waals surface area contributed by atoms with Crippen molar-refractivity contribution < 1.29 is 9.32 Å². The summed E-state index contributed by atoms with van der Waals surface area (Å²) in [5, 5.41) is 6.46. The first kappa shape index (κ1) is 14.5. The summed E-state index contributed by atoms with van der Waals surface area (Å²) in [4.78, 5) is 21.0. The van der Waals surface area contributed by atoms with E-state index >= 15 is 0 Å². The number of pyridine rings is 1. The zero-order valence-corrected chi connectivity index (χ0v) is 12.7. The number of rotatable bonds is 3. The maximum atomic E-state index is 12.3. The summed E-state index contributed by atoms with van der Waals surface area (Å²) in [5.41, 5.74) is 1.48. The molecule has 1 amide bonds. The van der Waals surface area contributed by atoms with Crippen LogP contribution in [0.5, 0.6) is 0 Å². The van der Waals surface area contributed by atoms with Gasteiger partial charge in [0.15, 0.2) is 5.82 Å². The summed E-state index contributed by atoms with van der Waals surface area (Å²) in [7, 11) is 2.11. The second-order valence-corrected chi connectivity index (χ2v) is 5.50. The Bertz CT molecular complexity index is 661. The fourth-order valence-electron chi connectivity index (χ4n) is 2.40. The zero-order valence-electron chi connectivity index (χ0n) is 12.7. The van der Waals surface area contributed by atoms with Gasteiger partial charge in [-0.3, -0.25) is 9.78 Å². The normalized spacial score (nSPS) is 15.8. The van der Waals surface area contributed by atoms with Gasteiger partial charge in [-0.1, -0.05) is 5.16 Å². The van der Waals surface area contributed by atoms with E-state index in [0.29, 0.717) is 17.1 Å². The largest absolute Gasteiger partial charge is 0.368 e. The van der Waals surface area contributed by atoms with Gasteiger partial charge in [-0.05, 0) is 20.0 Å². The first-order valence-corrected chi connectivity index (χ1v) is 7.25. The van der Waals surface area contributed by atoms with Crippen molar-refractivity contribution in [2.24, 2.45) is 0 Å². The van der Waals surface area contributed by atoms with Crippen molar-refractivity contribution >= 4 is 17.4 Å². The Balaban J connectivity index is 1.71. The molecular formula is C15H19N5O2. The Labute approximate surface area is 128 Å². The third-order valence-electron chi connectivity index (χ3n) is 3.72. The molecule has 0 saturated carbocycles. The maximum Gasteiger partial charge on any atom is 0.258 e. The van der Waals surface area contributed by atoms with Gasteiger partial charge in [-0.15, -0.1) is 0 Å². The predicted octanol–water partition coefficient (Wildman–Crippen LogP) is 1.38. The van der Waals surface area contributed by atoms with Crippen LogP contribution in [0.3, 0.4) is 0 Å². The molecule has 0 atom stereocenters. The van der Waals surface area contributed by atoms with E-state index in [2.05, 4.69) is 32.3 Å². The number of piperazine rings is 1. The molecule has 2 aromatic heterocycles.